The first-order valence-electron chi connectivity index (χ1n) is 7.10. The zero-order chi connectivity index (χ0) is 15.3. The molecule has 3 aromatic rings. The van der Waals surface area contributed by atoms with Crippen molar-refractivity contribution in [1.82, 2.24) is 14.5 Å². The van der Waals surface area contributed by atoms with E-state index in [1.54, 1.807) is 24.8 Å². The maximum absolute atomic E-state index is 11.1. The molecule has 0 bridgehead atoms. The van der Waals surface area contributed by atoms with Crippen molar-refractivity contribution in [2.24, 2.45) is 0 Å². The largest absolute Gasteiger partial charge is 0.377 e. The number of pyridine rings is 1. The van der Waals surface area contributed by atoms with Gasteiger partial charge < -0.3 is 9.67 Å². The molecule has 0 amide bonds. The van der Waals surface area contributed by atoms with E-state index in [1.165, 1.54) is 0 Å². The van der Waals surface area contributed by atoms with Gasteiger partial charge in [-0.25, -0.2) is 4.98 Å². The van der Waals surface area contributed by atoms with Crippen molar-refractivity contribution in [2.45, 2.75) is 12.1 Å². The van der Waals surface area contributed by atoms with E-state index in [2.05, 4.69) is 9.97 Å². The zero-order valence-corrected chi connectivity index (χ0v) is 12.1. The minimum atomic E-state index is -1.20. The van der Waals surface area contributed by atoms with Crippen LogP contribution in [0, 0.1) is 0 Å². The summed E-state index contributed by atoms with van der Waals surface area (Å²) in [7, 11) is 0. The Morgan fingerprint density at radius 1 is 1.05 bits per heavy atom. The molecule has 4 heteroatoms. The summed E-state index contributed by atoms with van der Waals surface area (Å²) in [5.41, 5.74) is 0.441. The van der Waals surface area contributed by atoms with Gasteiger partial charge in [0.15, 0.2) is 0 Å². The molecule has 0 saturated carbocycles. The molecule has 0 unspecified atom stereocenters. The molecule has 0 saturated heterocycles. The molecule has 3 rings (SSSR count). The van der Waals surface area contributed by atoms with Crippen LogP contribution in [0.2, 0.25) is 0 Å². The van der Waals surface area contributed by atoms with Gasteiger partial charge >= 0.3 is 0 Å². The maximum Gasteiger partial charge on any atom is 0.143 e. The Bertz CT molecular complexity index is 724. The highest BCUT2D eigenvalue weighted by atomic mass is 16.3. The molecule has 4 nitrogen and oxygen atoms in total. The Morgan fingerprint density at radius 2 is 1.86 bits per heavy atom. The number of rotatable bonds is 5. The molecular formula is C18H17N3O. The van der Waals surface area contributed by atoms with Gasteiger partial charge in [0, 0.05) is 18.6 Å². The highest BCUT2D eigenvalue weighted by molar-refractivity contribution is 5.51. The zero-order valence-electron chi connectivity index (χ0n) is 12.1. The van der Waals surface area contributed by atoms with E-state index < -0.39 is 5.60 Å². The monoisotopic (exact) mass is 291 g/mol. The van der Waals surface area contributed by atoms with Gasteiger partial charge in [-0.2, -0.15) is 0 Å². The molecule has 0 fully saturated rings. The second kappa shape index (κ2) is 6.37. The first-order chi connectivity index (χ1) is 10.8. The second-order valence-corrected chi connectivity index (χ2v) is 5.12. The number of nitrogens with zero attached hydrogens (tertiary/aromatic N) is 3. The van der Waals surface area contributed by atoms with Crippen LogP contribution in [-0.4, -0.2) is 19.6 Å². The van der Waals surface area contributed by atoms with Gasteiger partial charge in [-0.3, -0.25) is 4.98 Å². The average Bonchev–Trinajstić information content (AvgIpc) is 3.08. The van der Waals surface area contributed by atoms with Crippen LogP contribution in [0.4, 0.5) is 0 Å². The van der Waals surface area contributed by atoms with E-state index in [-0.39, 0.29) is 0 Å². The molecule has 0 spiro atoms. The smallest absolute Gasteiger partial charge is 0.143 e. The molecule has 22 heavy (non-hydrogen) atoms. The van der Waals surface area contributed by atoms with Crippen LogP contribution in [0.1, 0.15) is 11.3 Å². The van der Waals surface area contributed by atoms with Gasteiger partial charge in [-0.1, -0.05) is 42.5 Å². The molecule has 0 radical (unpaired) electrons. The van der Waals surface area contributed by atoms with E-state index in [1.807, 2.05) is 65.4 Å². The fourth-order valence-electron chi connectivity index (χ4n) is 2.29. The Labute approximate surface area is 129 Å². The first kappa shape index (κ1) is 14.2. The lowest BCUT2D eigenvalue weighted by Crippen LogP contribution is -2.29. The number of benzene rings is 1. The third-order valence-corrected chi connectivity index (χ3v) is 3.44. The van der Waals surface area contributed by atoms with Crippen LogP contribution >= 0.6 is 0 Å². The van der Waals surface area contributed by atoms with Crippen molar-refractivity contribution in [3.8, 4) is 0 Å². The standard InChI is InChI=1S/C18H17N3O/c22-18(14-21-13-12-19-15-21,17-8-4-5-11-20-17)10-9-16-6-2-1-3-7-16/h1-13,15,22H,14H2/b10-9+/t18-/m1/s1. The van der Waals surface area contributed by atoms with Crippen molar-refractivity contribution in [2.75, 3.05) is 0 Å². The number of imidazole rings is 1. The predicted octanol–water partition coefficient (Wildman–Crippen LogP) is 2.88. The Kier molecular flexibility index (Phi) is 4.12. The lowest BCUT2D eigenvalue weighted by molar-refractivity contribution is 0.0659. The van der Waals surface area contributed by atoms with Crippen molar-refractivity contribution >= 4 is 6.08 Å². The lowest BCUT2D eigenvalue weighted by Gasteiger charge is -2.24. The van der Waals surface area contributed by atoms with Gasteiger partial charge in [-0.15, -0.1) is 0 Å². The molecule has 1 N–H and O–H groups in total. The third-order valence-electron chi connectivity index (χ3n) is 3.44. The topological polar surface area (TPSA) is 50.9 Å². The first-order valence-corrected chi connectivity index (χ1v) is 7.10. The molecule has 0 aliphatic heterocycles. The van der Waals surface area contributed by atoms with Crippen molar-refractivity contribution in [1.29, 1.82) is 0 Å². The van der Waals surface area contributed by atoms with E-state index >= 15 is 0 Å². The molecule has 2 heterocycles. The van der Waals surface area contributed by atoms with Gasteiger partial charge in [0.05, 0.1) is 18.6 Å². The highest BCUT2D eigenvalue weighted by Gasteiger charge is 2.28. The van der Waals surface area contributed by atoms with Crippen LogP contribution in [-0.2, 0) is 12.1 Å². The quantitative estimate of drug-likeness (QED) is 0.786. The van der Waals surface area contributed by atoms with Crippen molar-refractivity contribution in [3.05, 3.63) is 90.8 Å². The minimum absolute atomic E-state index is 0.355. The summed E-state index contributed by atoms with van der Waals surface area (Å²) in [6, 6.07) is 15.4. The Balaban J connectivity index is 1.94. The van der Waals surface area contributed by atoms with Crippen LogP contribution in [0.25, 0.3) is 6.08 Å². The van der Waals surface area contributed by atoms with Crippen LogP contribution in [0.15, 0.2) is 79.5 Å². The second-order valence-electron chi connectivity index (χ2n) is 5.12. The van der Waals surface area contributed by atoms with Crippen LogP contribution in [0.3, 0.4) is 0 Å². The predicted molar refractivity (Wildman–Crippen MR) is 85.8 cm³/mol. The van der Waals surface area contributed by atoms with E-state index in [4.69, 9.17) is 0 Å². The number of hydrogen-bond donors (Lipinski definition) is 1. The summed E-state index contributed by atoms with van der Waals surface area (Å²) in [6.07, 6.45) is 10.6. The molecule has 1 aromatic carbocycles. The van der Waals surface area contributed by atoms with Gasteiger partial charge in [0.2, 0.25) is 0 Å². The highest BCUT2D eigenvalue weighted by Crippen LogP contribution is 2.24. The van der Waals surface area contributed by atoms with Gasteiger partial charge in [-0.05, 0) is 23.8 Å². The molecule has 110 valence electrons. The maximum atomic E-state index is 11.1. The van der Waals surface area contributed by atoms with E-state index in [0.29, 0.717) is 12.2 Å². The Morgan fingerprint density at radius 3 is 2.55 bits per heavy atom. The lowest BCUT2D eigenvalue weighted by atomic mass is 9.97. The SMILES string of the molecule is O[C@](/C=C/c1ccccc1)(Cn1ccnc1)c1ccccn1. The summed E-state index contributed by atoms with van der Waals surface area (Å²) in [6.45, 7) is 0.355. The molecular weight excluding hydrogens is 274 g/mol. The van der Waals surface area contributed by atoms with Crippen LogP contribution in [0.5, 0.6) is 0 Å². The summed E-state index contributed by atoms with van der Waals surface area (Å²) in [5, 5.41) is 11.1. The number of aliphatic hydroxyl groups is 1. The fourth-order valence-corrected chi connectivity index (χ4v) is 2.29. The Hall–Kier alpha value is -2.72. The molecule has 0 aliphatic carbocycles. The van der Waals surface area contributed by atoms with Crippen molar-refractivity contribution in [3.63, 3.8) is 0 Å². The molecule has 1 atom stereocenters. The summed E-state index contributed by atoms with van der Waals surface area (Å²) < 4.78 is 1.84. The van der Waals surface area contributed by atoms with Gasteiger partial charge in [0.1, 0.15) is 5.60 Å². The summed E-state index contributed by atoms with van der Waals surface area (Å²) >= 11 is 0. The summed E-state index contributed by atoms with van der Waals surface area (Å²) in [4.78, 5) is 8.33. The fraction of sp³-hybridized carbons (Fsp3) is 0.111. The van der Waals surface area contributed by atoms with Crippen LogP contribution < -0.4 is 0 Å². The number of aromatic nitrogens is 3. The third kappa shape index (κ3) is 3.30. The molecule has 0 aliphatic rings. The normalized spacial score (nSPS) is 14.0. The summed E-state index contributed by atoms with van der Waals surface area (Å²) in [5.74, 6) is 0. The number of hydrogen-bond acceptors (Lipinski definition) is 3. The van der Waals surface area contributed by atoms with E-state index in [0.717, 1.165) is 5.56 Å². The average molecular weight is 291 g/mol. The van der Waals surface area contributed by atoms with Crippen molar-refractivity contribution < 1.29 is 5.11 Å². The molecule has 2 aromatic heterocycles. The van der Waals surface area contributed by atoms with E-state index in [9.17, 15) is 5.11 Å². The van der Waals surface area contributed by atoms with Gasteiger partial charge in [0.25, 0.3) is 0 Å². The minimum Gasteiger partial charge on any atom is -0.377 e.